The number of benzene rings is 1. The van der Waals surface area contributed by atoms with E-state index in [1.165, 1.54) is 6.07 Å². The van der Waals surface area contributed by atoms with E-state index in [0.29, 0.717) is 0 Å². The summed E-state index contributed by atoms with van der Waals surface area (Å²) < 4.78 is 42.3. The van der Waals surface area contributed by atoms with Gasteiger partial charge in [0, 0.05) is 4.47 Å². The molecule has 0 saturated carbocycles. The standard InChI is InChI=1S/C11H7BrF3NO2/c1-18-9(17)4-7-2-6(5-16)3-8(10(7)12)11(13,14)15/h2-3H,4H2,1H3. The number of halogens is 4. The molecule has 0 aliphatic heterocycles. The number of nitrogens with zero attached hydrogens (tertiary/aromatic N) is 1. The largest absolute Gasteiger partial charge is 0.469 e. The van der Waals surface area contributed by atoms with Crippen molar-refractivity contribution in [3.05, 3.63) is 33.3 Å². The van der Waals surface area contributed by atoms with Gasteiger partial charge in [0.25, 0.3) is 0 Å². The molecule has 0 atom stereocenters. The van der Waals surface area contributed by atoms with Gasteiger partial charge in [-0.25, -0.2) is 0 Å². The number of carbonyl (C=O) groups is 1. The number of esters is 1. The smallest absolute Gasteiger partial charge is 0.417 e. The Labute approximate surface area is 109 Å². The Morgan fingerprint density at radius 1 is 1.50 bits per heavy atom. The highest BCUT2D eigenvalue weighted by Crippen LogP contribution is 2.37. The van der Waals surface area contributed by atoms with Gasteiger partial charge in [-0.2, -0.15) is 18.4 Å². The number of ether oxygens (including phenoxy) is 1. The first-order valence-corrected chi connectivity index (χ1v) is 5.45. The summed E-state index contributed by atoms with van der Waals surface area (Å²) in [4.78, 5) is 11.1. The molecule has 1 aromatic rings. The Morgan fingerprint density at radius 3 is 2.56 bits per heavy atom. The van der Waals surface area contributed by atoms with Crippen LogP contribution in [-0.4, -0.2) is 13.1 Å². The molecule has 1 rings (SSSR count). The molecule has 18 heavy (non-hydrogen) atoms. The number of nitriles is 1. The zero-order chi connectivity index (χ0) is 13.9. The Kier molecular flexibility index (Phi) is 4.35. The van der Waals surface area contributed by atoms with Gasteiger partial charge in [0.15, 0.2) is 0 Å². The number of alkyl halides is 3. The van der Waals surface area contributed by atoms with E-state index in [2.05, 4.69) is 20.7 Å². The zero-order valence-corrected chi connectivity index (χ0v) is 10.7. The molecule has 0 unspecified atom stereocenters. The van der Waals surface area contributed by atoms with Crippen molar-refractivity contribution in [3.63, 3.8) is 0 Å². The van der Waals surface area contributed by atoms with E-state index in [1.807, 2.05) is 0 Å². The average Bonchev–Trinajstić information content (AvgIpc) is 2.29. The molecule has 0 spiro atoms. The van der Waals surface area contributed by atoms with Crippen LogP contribution in [0.4, 0.5) is 13.2 Å². The molecular weight excluding hydrogens is 315 g/mol. The van der Waals surface area contributed by atoms with Crippen LogP contribution >= 0.6 is 15.9 Å². The Bertz CT molecular complexity index is 520. The first kappa shape index (κ1) is 14.5. The number of rotatable bonds is 2. The molecule has 0 aliphatic carbocycles. The summed E-state index contributed by atoms with van der Waals surface area (Å²) in [7, 11) is 1.13. The highest BCUT2D eigenvalue weighted by molar-refractivity contribution is 9.10. The molecule has 1 aromatic carbocycles. The predicted molar refractivity (Wildman–Crippen MR) is 59.6 cm³/mol. The summed E-state index contributed by atoms with van der Waals surface area (Å²) in [5.74, 6) is -0.682. The molecule has 0 heterocycles. The summed E-state index contributed by atoms with van der Waals surface area (Å²) in [6, 6.07) is 3.57. The summed E-state index contributed by atoms with van der Waals surface area (Å²) in [6.45, 7) is 0. The molecule has 0 N–H and O–H groups in total. The lowest BCUT2D eigenvalue weighted by atomic mass is 10.0. The van der Waals surface area contributed by atoms with Gasteiger partial charge in [0.2, 0.25) is 0 Å². The van der Waals surface area contributed by atoms with E-state index in [9.17, 15) is 18.0 Å². The molecule has 0 saturated heterocycles. The Hall–Kier alpha value is -1.55. The lowest BCUT2D eigenvalue weighted by Crippen LogP contribution is -2.11. The Morgan fingerprint density at radius 2 is 2.11 bits per heavy atom. The minimum Gasteiger partial charge on any atom is -0.469 e. The van der Waals surface area contributed by atoms with Crippen LogP contribution < -0.4 is 0 Å². The number of methoxy groups -OCH3 is 1. The lowest BCUT2D eigenvalue weighted by molar-refractivity contribution is -0.141. The molecule has 0 amide bonds. The molecule has 3 nitrogen and oxygen atoms in total. The third-order valence-corrected chi connectivity index (χ3v) is 3.08. The second kappa shape index (κ2) is 5.40. The summed E-state index contributed by atoms with van der Waals surface area (Å²) in [5.41, 5.74) is -1.09. The van der Waals surface area contributed by atoms with Crippen LogP contribution in [0.5, 0.6) is 0 Å². The van der Waals surface area contributed by atoms with Gasteiger partial charge in [0.1, 0.15) is 0 Å². The van der Waals surface area contributed by atoms with Crippen LogP contribution in [0.25, 0.3) is 0 Å². The number of carbonyl (C=O) groups excluding carboxylic acids is 1. The predicted octanol–water partition coefficient (Wildman–Crippen LogP) is 3.06. The van der Waals surface area contributed by atoms with Crippen LogP contribution in [0.2, 0.25) is 0 Å². The molecule has 7 heteroatoms. The minimum atomic E-state index is -4.60. The van der Waals surface area contributed by atoms with Crippen LogP contribution in [0.15, 0.2) is 16.6 Å². The van der Waals surface area contributed by atoms with Crippen molar-refractivity contribution in [2.75, 3.05) is 7.11 Å². The monoisotopic (exact) mass is 321 g/mol. The van der Waals surface area contributed by atoms with Crippen LogP contribution in [0.1, 0.15) is 16.7 Å². The first-order chi connectivity index (χ1) is 8.29. The maximum absolute atomic E-state index is 12.7. The fraction of sp³-hybridized carbons (Fsp3) is 0.273. The van der Waals surface area contributed by atoms with Gasteiger partial charge < -0.3 is 4.74 Å². The van der Waals surface area contributed by atoms with Crippen LogP contribution in [0, 0.1) is 11.3 Å². The van der Waals surface area contributed by atoms with Crippen molar-refractivity contribution in [1.29, 1.82) is 5.26 Å². The molecule has 0 fully saturated rings. The topological polar surface area (TPSA) is 50.1 Å². The summed E-state index contributed by atoms with van der Waals surface area (Å²) >= 11 is 2.80. The van der Waals surface area contributed by atoms with E-state index in [0.717, 1.165) is 13.2 Å². The van der Waals surface area contributed by atoms with E-state index < -0.39 is 17.7 Å². The minimum absolute atomic E-state index is 0.0632. The molecule has 0 bridgehead atoms. The van der Waals surface area contributed by atoms with Crippen LogP contribution in [-0.2, 0) is 22.1 Å². The summed E-state index contributed by atoms with van der Waals surface area (Å²) in [5, 5.41) is 8.69. The van der Waals surface area contributed by atoms with Gasteiger partial charge in [-0.05, 0) is 33.6 Å². The highest BCUT2D eigenvalue weighted by Gasteiger charge is 2.34. The molecule has 96 valence electrons. The van der Waals surface area contributed by atoms with Gasteiger partial charge in [-0.1, -0.05) is 0 Å². The molecule has 0 aromatic heterocycles. The maximum Gasteiger partial charge on any atom is 0.417 e. The van der Waals surface area contributed by atoms with Crippen molar-refractivity contribution in [1.82, 2.24) is 0 Å². The lowest BCUT2D eigenvalue weighted by Gasteiger charge is -2.13. The maximum atomic E-state index is 12.7. The molecule has 0 aliphatic rings. The van der Waals surface area contributed by atoms with E-state index >= 15 is 0 Å². The average molecular weight is 322 g/mol. The normalized spacial score (nSPS) is 10.9. The molecular formula is C11H7BrF3NO2. The second-order valence-electron chi connectivity index (χ2n) is 3.36. The van der Waals surface area contributed by atoms with Crippen LogP contribution in [0.3, 0.4) is 0 Å². The van der Waals surface area contributed by atoms with Gasteiger partial charge in [-0.3, -0.25) is 4.79 Å². The third kappa shape index (κ3) is 3.23. The van der Waals surface area contributed by atoms with E-state index in [-0.39, 0.29) is 22.0 Å². The van der Waals surface area contributed by atoms with Gasteiger partial charge in [0.05, 0.1) is 30.7 Å². The van der Waals surface area contributed by atoms with E-state index in [4.69, 9.17) is 5.26 Å². The van der Waals surface area contributed by atoms with Gasteiger partial charge >= 0.3 is 12.1 Å². The summed E-state index contributed by atoms with van der Waals surface area (Å²) in [6.07, 6.45) is -4.94. The zero-order valence-electron chi connectivity index (χ0n) is 9.14. The van der Waals surface area contributed by atoms with Crippen molar-refractivity contribution in [3.8, 4) is 6.07 Å². The Balaban J connectivity index is 3.35. The quantitative estimate of drug-likeness (QED) is 0.787. The first-order valence-electron chi connectivity index (χ1n) is 4.66. The number of hydrogen-bond acceptors (Lipinski definition) is 3. The third-order valence-electron chi connectivity index (χ3n) is 2.14. The van der Waals surface area contributed by atoms with Crippen molar-refractivity contribution in [2.24, 2.45) is 0 Å². The fourth-order valence-electron chi connectivity index (χ4n) is 1.31. The SMILES string of the molecule is COC(=O)Cc1cc(C#N)cc(C(F)(F)F)c1Br. The number of hydrogen-bond donors (Lipinski definition) is 0. The fourth-order valence-corrected chi connectivity index (χ4v) is 1.91. The highest BCUT2D eigenvalue weighted by atomic mass is 79.9. The van der Waals surface area contributed by atoms with Crippen molar-refractivity contribution < 1.29 is 22.7 Å². The van der Waals surface area contributed by atoms with Crippen molar-refractivity contribution >= 4 is 21.9 Å². The van der Waals surface area contributed by atoms with Gasteiger partial charge in [-0.15, -0.1) is 0 Å². The van der Waals surface area contributed by atoms with E-state index in [1.54, 1.807) is 6.07 Å². The second-order valence-corrected chi connectivity index (χ2v) is 4.15. The van der Waals surface area contributed by atoms with Crippen molar-refractivity contribution in [2.45, 2.75) is 12.6 Å². The molecule has 0 radical (unpaired) electrons.